The summed E-state index contributed by atoms with van der Waals surface area (Å²) in [5.74, 6) is -1.44. The number of nitrogens with zero attached hydrogens (tertiary/aromatic N) is 3. The number of carbonyl (C=O) groups excluding carboxylic acids is 1. The van der Waals surface area contributed by atoms with Gasteiger partial charge in [-0.3, -0.25) is 9.36 Å². The average Bonchev–Trinajstić information content (AvgIpc) is 3.17. The van der Waals surface area contributed by atoms with Crippen molar-refractivity contribution in [2.75, 3.05) is 5.32 Å². The zero-order valence-corrected chi connectivity index (χ0v) is 16.0. The molecule has 9 heteroatoms. The molecule has 1 aliphatic carbocycles. The predicted octanol–water partition coefficient (Wildman–Crippen LogP) is 4.74. The molecule has 2 heterocycles. The molecule has 1 aliphatic rings. The summed E-state index contributed by atoms with van der Waals surface area (Å²) in [6, 6.07) is 7.61. The first-order chi connectivity index (χ1) is 13.0. The maximum absolute atomic E-state index is 13.3. The fraction of sp³-hybridized carbons (Fsp3) is 0.278. The number of benzene rings is 1. The Bertz CT molecular complexity index is 970. The van der Waals surface area contributed by atoms with Crippen LogP contribution >= 0.6 is 23.1 Å². The molecule has 0 bridgehead atoms. The van der Waals surface area contributed by atoms with Gasteiger partial charge in [-0.1, -0.05) is 17.8 Å². The molecule has 4 rings (SSSR count). The van der Waals surface area contributed by atoms with Crippen LogP contribution in [0.25, 0.3) is 10.7 Å². The molecule has 0 unspecified atom stereocenters. The molecule has 27 heavy (non-hydrogen) atoms. The lowest BCUT2D eigenvalue weighted by Crippen LogP contribution is -2.23. The van der Waals surface area contributed by atoms with E-state index in [4.69, 9.17) is 0 Å². The summed E-state index contributed by atoms with van der Waals surface area (Å²) in [6.07, 6.45) is 2.14. The molecule has 0 saturated heterocycles. The second-order valence-corrected chi connectivity index (χ2v) is 8.52. The van der Waals surface area contributed by atoms with E-state index >= 15 is 0 Å². The zero-order chi connectivity index (χ0) is 19.0. The normalized spacial score (nSPS) is 14.9. The smallest absolute Gasteiger partial charge is 0.237 e. The second-order valence-electron chi connectivity index (χ2n) is 6.26. The van der Waals surface area contributed by atoms with Crippen molar-refractivity contribution in [3.63, 3.8) is 0 Å². The molecule has 2 aromatic heterocycles. The Balaban J connectivity index is 1.50. The molecule has 1 fully saturated rings. The van der Waals surface area contributed by atoms with Crippen molar-refractivity contribution < 1.29 is 13.6 Å². The Hall–Kier alpha value is -2.26. The summed E-state index contributed by atoms with van der Waals surface area (Å²) in [6.45, 7) is 1.75. The summed E-state index contributed by atoms with van der Waals surface area (Å²) in [5.41, 5.74) is 0.217. The maximum Gasteiger partial charge on any atom is 0.237 e. The fourth-order valence-corrected chi connectivity index (χ4v) is 4.25. The lowest BCUT2D eigenvalue weighted by atomic mass is 10.3. The van der Waals surface area contributed by atoms with Crippen molar-refractivity contribution in [3.8, 4) is 10.7 Å². The summed E-state index contributed by atoms with van der Waals surface area (Å²) in [5, 5.41) is 13.4. The van der Waals surface area contributed by atoms with Gasteiger partial charge < -0.3 is 5.32 Å². The van der Waals surface area contributed by atoms with Gasteiger partial charge in [0.15, 0.2) is 22.6 Å². The van der Waals surface area contributed by atoms with E-state index in [1.807, 2.05) is 17.5 Å². The number of thioether (sulfide) groups is 1. The van der Waals surface area contributed by atoms with E-state index in [1.165, 1.54) is 17.8 Å². The molecule has 1 atom stereocenters. The second kappa shape index (κ2) is 7.40. The van der Waals surface area contributed by atoms with Crippen LogP contribution in [0.2, 0.25) is 0 Å². The van der Waals surface area contributed by atoms with Gasteiger partial charge in [-0.2, -0.15) is 0 Å². The van der Waals surface area contributed by atoms with Crippen LogP contribution < -0.4 is 5.32 Å². The van der Waals surface area contributed by atoms with Crippen LogP contribution in [0.15, 0.2) is 40.9 Å². The van der Waals surface area contributed by atoms with E-state index in [0.29, 0.717) is 11.2 Å². The molecule has 5 nitrogen and oxygen atoms in total. The molecule has 1 N–H and O–H groups in total. The van der Waals surface area contributed by atoms with Gasteiger partial charge in [0.25, 0.3) is 0 Å². The van der Waals surface area contributed by atoms with Gasteiger partial charge in [0.05, 0.1) is 10.1 Å². The Morgan fingerprint density at radius 3 is 2.78 bits per heavy atom. The lowest BCUT2D eigenvalue weighted by Gasteiger charge is -2.13. The van der Waals surface area contributed by atoms with Crippen molar-refractivity contribution in [2.24, 2.45) is 0 Å². The Morgan fingerprint density at radius 1 is 1.30 bits per heavy atom. The largest absolute Gasteiger partial charge is 0.325 e. The number of nitrogens with one attached hydrogen (secondary N) is 1. The lowest BCUT2D eigenvalue weighted by molar-refractivity contribution is -0.115. The monoisotopic (exact) mass is 406 g/mol. The van der Waals surface area contributed by atoms with Crippen molar-refractivity contribution in [2.45, 2.75) is 36.2 Å². The quantitative estimate of drug-likeness (QED) is 0.601. The summed E-state index contributed by atoms with van der Waals surface area (Å²) >= 11 is 2.91. The molecule has 1 aromatic carbocycles. The van der Waals surface area contributed by atoms with Crippen molar-refractivity contribution in [1.82, 2.24) is 14.8 Å². The van der Waals surface area contributed by atoms with Crippen molar-refractivity contribution in [1.29, 1.82) is 0 Å². The van der Waals surface area contributed by atoms with Gasteiger partial charge in [0, 0.05) is 17.8 Å². The fourth-order valence-electron chi connectivity index (χ4n) is 2.62. The van der Waals surface area contributed by atoms with Crippen molar-refractivity contribution in [3.05, 3.63) is 47.3 Å². The summed E-state index contributed by atoms with van der Waals surface area (Å²) in [4.78, 5) is 13.5. The number of amides is 1. The SMILES string of the molecule is C[C@@H](Sc1nnc(-c2cccs2)n1C1CC1)C(=O)Nc1ccc(F)c(F)c1. The minimum Gasteiger partial charge on any atom is -0.325 e. The first kappa shape index (κ1) is 18.1. The Morgan fingerprint density at radius 2 is 2.11 bits per heavy atom. The van der Waals surface area contributed by atoms with Gasteiger partial charge in [0.1, 0.15) is 0 Å². The molecular weight excluding hydrogens is 390 g/mol. The molecule has 140 valence electrons. The number of rotatable bonds is 6. The summed E-state index contributed by atoms with van der Waals surface area (Å²) in [7, 11) is 0. The van der Waals surface area contributed by atoms with Crippen LogP contribution in [0.1, 0.15) is 25.8 Å². The van der Waals surface area contributed by atoms with Gasteiger partial charge >= 0.3 is 0 Å². The minimum atomic E-state index is -0.998. The highest BCUT2D eigenvalue weighted by atomic mass is 32.2. The van der Waals surface area contributed by atoms with Crippen LogP contribution in [-0.4, -0.2) is 25.9 Å². The molecule has 3 aromatic rings. The number of thiophene rings is 1. The van der Waals surface area contributed by atoms with Gasteiger partial charge in [0.2, 0.25) is 5.91 Å². The van der Waals surface area contributed by atoms with Gasteiger partial charge in [-0.05, 0) is 43.3 Å². The van der Waals surface area contributed by atoms with Crippen LogP contribution in [-0.2, 0) is 4.79 Å². The first-order valence-electron chi connectivity index (χ1n) is 8.44. The Labute approximate surface area is 162 Å². The number of hydrogen-bond acceptors (Lipinski definition) is 5. The first-order valence-corrected chi connectivity index (χ1v) is 10.2. The Kier molecular flexibility index (Phi) is 4.96. The molecular formula is C18H16F2N4OS2. The standard InChI is InChI=1S/C18H16F2N4OS2/c1-10(17(25)21-11-4-7-13(19)14(20)9-11)27-18-23-22-16(15-3-2-8-26-15)24(18)12-5-6-12/h2-4,7-10,12H,5-6H2,1H3,(H,21,25)/t10-/m1/s1. The van der Waals surface area contributed by atoms with E-state index in [9.17, 15) is 13.6 Å². The molecule has 0 spiro atoms. The van der Waals surface area contributed by atoms with Crippen LogP contribution in [0.5, 0.6) is 0 Å². The third-order valence-corrected chi connectivity index (χ3v) is 6.08. The number of aromatic nitrogens is 3. The number of anilines is 1. The number of carbonyl (C=O) groups is 1. The highest BCUT2D eigenvalue weighted by Crippen LogP contribution is 2.42. The summed E-state index contributed by atoms with van der Waals surface area (Å²) < 4.78 is 28.4. The molecule has 0 aliphatic heterocycles. The highest BCUT2D eigenvalue weighted by molar-refractivity contribution is 8.00. The van der Waals surface area contributed by atoms with Crippen molar-refractivity contribution >= 4 is 34.7 Å². The predicted molar refractivity (Wildman–Crippen MR) is 102 cm³/mol. The van der Waals surface area contributed by atoms with Gasteiger partial charge in [-0.25, -0.2) is 8.78 Å². The molecule has 0 radical (unpaired) electrons. The van der Waals surface area contributed by atoms with E-state index in [1.54, 1.807) is 18.3 Å². The number of halogens is 2. The topological polar surface area (TPSA) is 59.8 Å². The molecule has 1 saturated carbocycles. The maximum atomic E-state index is 13.3. The van der Waals surface area contributed by atoms with E-state index in [0.717, 1.165) is 35.7 Å². The minimum absolute atomic E-state index is 0.217. The van der Waals surface area contributed by atoms with E-state index in [2.05, 4.69) is 20.1 Å². The van der Waals surface area contributed by atoms with E-state index in [-0.39, 0.29) is 11.6 Å². The molecule has 1 amide bonds. The third-order valence-electron chi connectivity index (χ3n) is 4.16. The highest BCUT2D eigenvalue weighted by Gasteiger charge is 2.31. The van der Waals surface area contributed by atoms with E-state index < -0.39 is 16.9 Å². The van der Waals surface area contributed by atoms with Crippen LogP contribution in [0, 0.1) is 11.6 Å². The van der Waals surface area contributed by atoms with Crippen LogP contribution in [0.4, 0.5) is 14.5 Å². The van der Waals surface area contributed by atoms with Gasteiger partial charge in [-0.15, -0.1) is 21.5 Å². The van der Waals surface area contributed by atoms with Crippen LogP contribution in [0.3, 0.4) is 0 Å². The third kappa shape index (κ3) is 3.89. The zero-order valence-electron chi connectivity index (χ0n) is 14.4. The number of hydrogen-bond donors (Lipinski definition) is 1. The average molecular weight is 406 g/mol.